The lowest BCUT2D eigenvalue weighted by atomic mass is 10.3. The minimum absolute atomic E-state index is 0.205. The number of pyridine rings is 1. The standard InChI is InChI=1S/C12H17Cl2N3O/c1-16(2)7-4-8-17(3)12(18)11-9(13)5-6-10(14)15-11/h5-6H,4,7-8H2,1-3H3. The third-order valence-electron chi connectivity index (χ3n) is 2.46. The molecule has 100 valence electrons. The Morgan fingerprint density at radius 3 is 2.50 bits per heavy atom. The summed E-state index contributed by atoms with van der Waals surface area (Å²) in [5, 5.41) is 0.591. The number of aromatic nitrogens is 1. The van der Waals surface area contributed by atoms with Gasteiger partial charge >= 0.3 is 0 Å². The Kier molecular flexibility index (Phi) is 5.85. The van der Waals surface area contributed by atoms with Crippen LogP contribution in [0.3, 0.4) is 0 Å². The molecular weight excluding hydrogens is 273 g/mol. The first-order chi connectivity index (χ1) is 8.41. The van der Waals surface area contributed by atoms with Crippen LogP contribution in [0.25, 0.3) is 0 Å². The largest absolute Gasteiger partial charge is 0.340 e. The maximum atomic E-state index is 12.1. The van der Waals surface area contributed by atoms with Crippen LogP contribution in [-0.4, -0.2) is 54.9 Å². The molecule has 0 radical (unpaired) electrons. The summed E-state index contributed by atoms with van der Waals surface area (Å²) in [4.78, 5) is 19.7. The van der Waals surface area contributed by atoms with Crippen LogP contribution in [0.4, 0.5) is 0 Å². The molecule has 0 bridgehead atoms. The van der Waals surface area contributed by atoms with E-state index in [1.807, 2.05) is 14.1 Å². The third-order valence-corrected chi connectivity index (χ3v) is 2.98. The number of amides is 1. The Balaban J connectivity index is 2.65. The highest BCUT2D eigenvalue weighted by Gasteiger charge is 2.17. The summed E-state index contributed by atoms with van der Waals surface area (Å²) in [5.74, 6) is -0.207. The molecule has 0 aliphatic heterocycles. The lowest BCUT2D eigenvalue weighted by Crippen LogP contribution is -2.30. The quantitative estimate of drug-likeness (QED) is 0.781. The Morgan fingerprint density at radius 1 is 1.22 bits per heavy atom. The zero-order valence-corrected chi connectivity index (χ0v) is 12.3. The topological polar surface area (TPSA) is 36.4 Å². The second kappa shape index (κ2) is 6.92. The smallest absolute Gasteiger partial charge is 0.273 e. The van der Waals surface area contributed by atoms with Gasteiger partial charge in [0.25, 0.3) is 5.91 Å². The Labute approximate surface area is 117 Å². The van der Waals surface area contributed by atoms with Crippen molar-refractivity contribution in [3.8, 4) is 0 Å². The van der Waals surface area contributed by atoms with E-state index in [0.717, 1.165) is 13.0 Å². The van der Waals surface area contributed by atoms with E-state index < -0.39 is 0 Å². The summed E-state index contributed by atoms with van der Waals surface area (Å²) in [5.41, 5.74) is 0.205. The number of rotatable bonds is 5. The van der Waals surface area contributed by atoms with Crippen molar-refractivity contribution in [2.24, 2.45) is 0 Å². The predicted molar refractivity (Wildman–Crippen MR) is 74.4 cm³/mol. The Morgan fingerprint density at radius 2 is 1.89 bits per heavy atom. The van der Waals surface area contributed by atoms with Crippen LogP contribution < -0.4 is 0 Å². The molecule has 0 atom stereocenters. The van der Waals surface area contributed by atoms with E-state index in [-0.39, 0.29) is 16.8 Å². The summed E-state index contributed by atoms with van der Waals surface area (Å²) < 4.78 is 0. The van der Waals surface area contributed by atoms with Crippen molar-refractivity contribution < 1.29 is 4.79 Å². The van der Waals surface area contributed by atoms with Gasteiger partial charge in [-0.1, -0.05) is 23.2 Å². The molecule has 0 saturated heterocycles. The van der Waals surface area contributed by atoms with Crippen molar-refractivity contribution in [3.63, 3.8) is 0 Å². The van der Waals surface area contributed by atoms with Gasteiger partial charge in [0.2, 0.25) is 0 Å². The second-order valence-electron chi connectivity index (χ2n) is 4.35. The molecular formula is C12H17Cl2N3O. The van der Waals surface area contributed by atoms with Gasteiger partial charge in [0.05, 0.1) is 5.02 Å². The molecule has 0 aromatic carbocycles. The van der Waals surface area contributed by atoms with Crippen LogP contribution >= 0.6 is 23.2 Å². The summed E-state index contributed by atoms with van der Waals surface area (Å²) >= 11 is 11.7. The van der Waals surface area contributed by atoms with E-state index in [1.54, 1.807) is 24.1 Å². The molecule has 4 nitrogen and oxygen atoms in total. The summed E-state index contributed by atoms with van der Waals surface area (Å²) in [6, 6.07) is 3.14. The molecule has 6 heteroatoms. The number of halogens is 2. The van der Waals surface area contributed by atoms with Crippen molar-refractivity contribution in [2.45, 2.75) is 6.42 Å². The molecule has 18 heavy (non-hydrogen) atoms. The van der Waals surface area contributed by atoms with Gasteiger partial charge in [-0.05, 0) is 39.2 Å². The molecule has 0 fully saturated rings. The number of carbonyl (C=O) groups excluding carboxylic acids is 1. The zero-order valence-electron chi connectivity index (χ0n) is 10.8. The van der Waals surface area contributed by atoms with E-state index in [2.05, 4.69) is 9.88 Å². The van der Waals surface area contributed by atoms with Gasteiger partial charge in [-0.2, -0.15) is 0 Å². The molecule has 0 aliphatic carbocycles. The highest BCUT2D eigenvalue weighted by molar-refractivity contribution is 6.34. The van der Waals surface area contributed by atoms with Gasteiger partial charge in [-0.3, -0.25) is 4.79 Å². The van der Waals surface area contributed by atoms with E-state index in [4.69, 9.17) is 23.2 Å². The van der Waals surface area contributed by atoms with Crippen LogP contribution in [0.5, 0.6) is 0 Å². The fraction of sp³-hybridized carbons (Fsp3) is 0.500. The van der Waals surface area contributed by atoms with Crippen LogP contribution in [-0.2, 0) is 0 Å². The molecule has 1 rings (SSSR count). The molecule has 0 N–H and O–H groups in total. The van der Waals surface area contributed by atoms with Gasteiger partial charge in [0, 0.05) is 13.6 Å². The first kappa shape index (κ1) is 15.2. The Bertz CT molecular complexity index is 424. The highest BCUT2D eigenvalue weighted by atomic mass is 35.5. The molecule has 0 saturated carbocycles. The van der Waals surface area contributed by atoms with E-state index in [0.29, 0.717) is 11.6 Å². The number of hydrogen-bond donors (Lipinski definition) is 0. The van der Waals surface area contributed by atoms with Crippen LogP contribution in [0, 0.1) is 0 Å². The van der Waals surface area contributed by atoms with E-state index >= 15 is 0 Å². The molecule has 1 amide bonds. The SMILES string of the molecule is CN(C)CCCN(C)C(=O)c1nc(Cl)ccc1Cl. The van der Waals surface area contributed by atoms with E-state index in [1.165, 1.54) is 0 Å². The van der Waals surface area contributed by atoms with Crippen molar-refractivity contribution in [1.29, 1.82) is 0 Å². The minimum atomic E-state index is -0.207. The molecule has 1 aromatic heterocycles. The molecule has 0 unspecified atom stereocenters. The van der Waals surface area contributed by atoms with Crippen molar-refractivity contribution >= 4 is 29.1 Å². The van der Waals surface area contributed by atoms with Crippen LogP contribution in [0.15, 0.2) is 12.1 Å². The van der Waals surface area contributed by atoms with Gasteiger partial charge in [-0.15, -0.1) is 0 Å². The average molecular weight is 290 g/mol. The fourth-order valence-corrected chi connectivity index (χ4v) is 1.81. The monoisotopic (exact) mass is 289 g/mol. The molecule has 1 heterocycles. The van der Waals surface area contributed by atoms with Crippen molar-refractivity contribution in [1.82, 2.24) is 14.8 Å². The fourth-order valence-electron chi connectivity index (χ4n) is 1.47. The van der Waals surface area contributed by atoms with E-state index in [9.17, 15) is 4.79 Å². The van der Waals surface area contributed by atoms with Crippen molar-refractivity contribution in [3.05, 3.63) is 28.0 Å². The van der Waals surface area contributed by atoms with Crippen LogP contribution in [0.2, 0.25) is 10.2 Å². The van der Waals surface area contributed by atoms with Gasteiger partial charge in [0.1, 0.15) is 10.8 Å². The van der Waals surface area contributed by atoms with Gasteiger partial charge < -0.3 is 9.80 Å². The summed E-state index contributed by atoms with van der Waals surface area (Å²) in [6.07, 6.45) is 0.896. The van der Waals surface area contributed by atoms with Gasteiger partial charge in [0.15, 0.2) is 0 Å². The molecule has 0 spiro atoms. The summed E-state index contributed by atoms with van der Waals surface area (Å²) in [6.45, 7) is 1.58. The third kappa shape index (κ3) is 4.44. The number of hydrogen-bond acceptors (Lipinski definition) is 3. The lowest BCUT2D eigenvalue weighted by Gasteiger charge is -2.18. The maximum Gasteiger partial charge on any atom is 0.273 e. The normalized spacial score (nSPS) is 10.8. The second-order valence-corrected chi connectivity index (χ2v) is 5.14. The zero-order chi connectivity index (χ0) is 13.7. The number of carbonyl (C=O) groups is 1. The van der Waals surface area contributed by atoms with Gasteiger partial charge in [-0.25, -0.2) is 4.98 Å². The number of nitrogens with zero attached hydrogens (tertiary/aromatic N) is 3. The highest BCUT2D eigenvalue weighted by Crippen LogP contribution is 2.18. The predicted octanol–water partition coefficient (Wildman–Crippen LogP) is 2.41. The summed E-state index contributed by atoms with van der Waals surface area (Å²) in [7, 11) is 5.73. The van der Waals surface area contributed by atoms with Crippen LogP contribution in [0.1, 0.15) is 16.9 Å². The van der Waals surface area contributed by atoms with Crippen molar-refractivity contribution in [2.75, 3.05) is 34.2 Å². The Hall–Kier alpha value is -0.840. The molecule has 0 aliphatic rings. The maximum absolute atomic E-state index is 12.1. The average Bonchev–Trinajstić information content (AvgIpc) is 2.30. The minimum Gasteiger partial charge on any atom is -0.340 e. The molecule has 1 aromatic rings. The first-order valence-corrected chi connectivity index (χ1v) is 6.39. The first-order valence-electron chi connectivity index (χ1n) is 5.64. The lowest BCUT2D eigenvalue weighted by molar-refractivity contribution is 0.0785.